The second-order valence-electron chi connectivity index (χ2n) is 4.40. The van der Waals surface area contributed by atoms with E-state index in [1.165, 1.54) is 23.5 Å². The number of aryl methyl sites for hydroxylation is 1. The van der Waals surface area contributed by atoms with Crippen molar-refractivity contribution in [1.82, 2.24) is 5.32 Å². The fourth-order valence-corrected chi connectivity index (χ4v) is 3.78. The molecule has 0 bridgehead atoms. The molecule has 1 aliphatic rings. The highest BCUT2D eigenvalue weighted by atomic mass is 35.5. The van der Waals surface area contributed by atoms with Crippen molar-refractivity contribution >= 4 is 23.4 Å². The summed E-state index contributed by atoms with van der Waals surface area (Å²) in [6.07, 6.45) is 1.31. The summed E-state index contributed by atoms with van der Waals surface area (Å²) in [5.41, 5.74) is 2.48. The molecule has 1 aromatic carbocycles. The van der Waals surface area contributed by atoms with Gasteiger partial charge in [-0.15, -0.1) is 0 Å². The molecule has 1 aromatic rings. The molecule has 88 valence electrons. The Labute approximate surface area is 107 Å². The molecule has 0 radical (unpaired) electrons. The summed E-state index contributed by atoms with van der Waals surface area (Å²) in [4.78, 5) is 0. The maximum absolute atomic E-state index is 6.19. The van der Waals surface area contributed by atoms with Crippen LogP contribution in [0.2, 0.25) is 5.02 Å². The predicted octanol–water partition coefficient (Wildman–Crippen LogP) is 3.66. The fraction of sp³-hybridized carbons (Fsp3) is 0.538. The third-order valence-electron chi connectivity index (χ3n) is 3.30. The van der Waals surface area contributed by atoms with Gasteiger partial charge in [-0.2, -0.15) is 11.8 Å². The Morgan fingerprint density at radius 2 is 2.31 bits per heavy atom. The van der Waals surface area contributed by atoms with Crippen LogP contribution in [0.15, 0.2) is 18.2 Å². The van der Waals surface area contributed by atoms with Crippen molar-refractivity contribution in [3.63, 3.8) is 0 Å². The van der Waals surface area contributed by atoms with Crippen LogP contribution in [-0.4, -0.2) is 18.6 Å². The Balaban J connectivity index is 2.22. The second-order valence-corrected chi connectivity index (χ2v) is 5.96. The lowest BCUT2D eigenvalue weighted by Crippen LogP contribution is -2.25. The molecule has 3 heteroatoms. The molecule has 2 atom stereocenters. The van der Waals surface area contributed by atoms with Crippen molar-refractivity contribution in [2.24, 2.45) is 5.92 Å². The van der Waals surface area contributed by atoms with Crippen molar-refractivity contribution in [1.29, 1.82) is 0 Å². The van der Waals surface area contributed by atoms with Crippen LogP contribution in [-0.2, 0) is 0 Å². The first-order valence-corrected chi connectivity index (χ1v) is 7.26. The molecule has 0 saturated carbocycles. The molecule has 0 spiro atoms. The van der Waals surface area contributed by atoms with Gasteiger partial charge in [0.15, 0.2) is 0 Å². The first kappa shape index (κ1) is 12.3. The Kier molecular flexibility index (Phi) is 4.17. The van der Waals surface area contributed by atoms with Gasteiger partial charge in [-0.25, -0.2) is 0 Å². The zero-order chi connectivity index (χ0) is 11.5. The van der Waals surface area contributed by atoms with E-state index in [9.17, 15) is 0 Å². The highest BCUT2D eigenvalue weighted by Gasteiger charge is 2.25. The summed E-state index contributed by atoms with van der Waals surface area (Å²) in [5, 5.41) is 4.31. The molecule has 16 heavy (non-hydrogen) atoms. The van der Waals surface area contributed by atoms with E-state index in [2.05, 4.69) is 35.3 Å². The normalized spacial score (nSPS) is 22.3. The van der Waals surface area contributed by atoms with Gasteiger partial charge >= 0.3 is 0 Å². The highest BCUT2D eigenvalue weighted by molar-refractivity contribution is 7.99. The first-order chi connectivity index (χ1) is 7.72. The Morgan fingerprint density at radius 1 is 1.50 bits per heavy atom. The monoisotopic (exact) mass is 255 g/mol. The van der Waals surface area contributed by atoms with Crippen LogP contribution in [0, 0.1) is 12.8 Å². The molecular formula is C13H18ClNS. The van der Waals surface area contributed by atoms with Gasteiger partial charge in [-0.3, -0.25) is 0 Å². The van der Waals surface area contributed by atoms with Crippen LogP contribution < -0.4 is 5.32 Å². The SMILES string of the molecule is CNC(c1ccc(C)c(Cl)c1)C1CCSC1. The minimum absolute atomic E-state index is 0.452. The molecule has 2 rings (SSSR count). The van der Waals surface area contributed by atoms with Gasteiger partial charge in [0.25, 0.3) is 0 Å². The molecule has 1 heterocycles. The molecule has 1 nitrogen and oxygen atoms in total. The first-order valence-electron chi connectivity index (χ1n) is 5.73. The van der Waals surface area contributed by atoms with Crippen LogP contribution in [0.3, 0.4) is 0 Å². The van der Waals surface area contributed by atoms with E-state index in [1.807, 2.05) is 14.0 Å². The van der Waals surface area contributed by atoms with Gasteiger partial charge in [-0.05, 0) is 55.0 Å². The lowest BCUT2D eigenvalue weighted by atomic mass is 9.92. The van der Waals surface area contributed by atoms with Crippen molar-refractivity contribution in [2.75, 3.05) is 18.6 Å². The van der Waals surface area contributed by atoms with Crippen LogP contribution in [0.4, 0.5) is 0 Å². The third-order valence-corrected chi connectivity index (χ3v) is 4.90. The van der Waals surface area contributed by atoms with E-state index in [0.717, 1.165) is 16.5 Å². The number of hydrogen-bond acceptors (Lipinski definition) is 2. The molecule has 0 aliphatic carbocycles. The third kappa shape index (κ3) is 2.55. The van der Waals surface area contributed by atoms with Gasteiger partial charge < -0.3 is 5.32 Å². The summed E-state index contributed by atoms with van der Waals surface area (Å²) in [5.74, 6) is 3.30. The second kappa shape index (κ2) is 5.44. The molecule has 2 unspecified atom stereocenters. The van der Waals surface area contributed by atoms with Crippen molar-refractivity contribution in [3.8, 4) is 0 Å². The zero-order valence-electron chi connectivity index (χ0n) is 9.79. The average molecular weight is 256 g/mol. The van der Waals surface area contributed by atoms with E-state index < -0.39 is 0 Å². The summed E-state index contributed by atoms with van der Waals surface area (Å²) in [6.45, 7) is 2.05. The zero-order valence-corrected chi connectivity index (χ0v) is 11.4. The number of benzene rings is 1. The van der Waals surface area contributed by atoms with E-state index in [0.29, 0.717) is 6.04 Å². The minimum atomic E-state index is 0.452. The standard InChI is InChI=1S/C13H18ClNS/c1-9-3-4-10(7-12(9)14)13(15-2)11-5-6-16-8-11/h3-4,7,11,13,15H,5-6,8H2,1-2H3. The topological polar surface area (TPSA) is 12.0 Å². The summed E-state index contributed by atoms with van der Waals surface area (Å²) < 4.78 is 0. The highest BCUT2D eigenvalue weighted by Crippen LogP contribution is 2.35. The molecular weight excluding hydrogens is 238 g/mol. The van der Waals surface area contributed by atoms with Crippen LogP contribution in [0.5, 0.6) is 0 Å². The number of thioether (sulfide) groups is 1. The molecule has 1 N–H and O–H groups in total. The Morgan fingerprint density at radius 3 is 2.88 bits per heavy atom. The van der Waals surface area contributed by atoms with Crippen molar-refractivity contribution in [3.05, 3.63) is 34.3 Å². The fourth-order valence-electron chi connectivity index (χ4n) is 2.29. The molecule has 0 amide bonds. The number of hydrogen-bond donors (Lipinski definition) is 1. The smallest absolute Gasteiger partial charge is 0.0438 e. The number of rotatable bonds is 3. The van der Waals surface area contributed by atoms with Gasteiger partial charge in [-0.1, -0.05) is 23.7 Å². The van der Waals surface area contributed by atoms with Gasteiger partial charge in [0.1, 0.15) is 0 Å². The predicted molar refractivity (Wildman–Crippen MR) is 73.4 cm³/mol. The maximum atomic E-state index is 6.19. The average Bonchev–Trinajstić information content (AvgIpc) is 2.78. The number of halogens is 1. The van der Waals surface area contributed by atoms with Gasteiger partial charge in [0.05, 0.1) is 0 Å². The number of nitrogens with one attached hydrogen (secondary N) is 1. The van der Waals surface area contributed by atoms with Crippen LogP contribution in [0.25, 0.3) is 0 Å². The maximum Gasteiger partial charge on any atom is 0.0438 e. The molecule has 0 aromatic heterocycles. The van der Waals surface area contributed by atoms with E-state index in [-0.39, 0.29) is 0 Å². The minimum Gasteiger partial charge on any atom is -0.313 e. The Hall–Kier alpha value is -0.180. The van der Waals surface area contributed by atoms with E-state index in [1.54, 1.807) is 0 Å². The molecule has 1 fully saturated rings. The quantitative estimate of drug-likeness (QED) is 0.885. The Bertz CT molecular complexity index is 361. The largest absolute Gasteiger partial charge is 0.313 e. The molecule has 1 saturated heterocycles. The van der Waals surface area contributed by atoms with Gasteiger partial charge in [0, 0.05) is 11.1 Å². The van der Waals surface area contributed by atoms with Gasteiger partial charge in [0.2, 0.25) is 0 Å². The summed E-state index contributed by atoms with van der Waals surface area (Å²) >= 11 is 8.24. The van der Waals surface area contributed by atoms with Crippen LogP contribution in [0.1, 0.15) is 23.6 Å². The lowest BCUT2D eigenvalue weighted by molar-refractivity contribution is 0.420. The van der Waals surface area contributed by atoms with Crippen LogP contribution >= 0.6 is 23.4 Å². The van der Waals surface area contributed by atoms with Crippen molar-refractivity contribution in [2.45, 2.75) is 19.4 Å². The van der Waals surface area contributed by atoms with E-state index >= 15 is 0 Å². The van der Waals surface area contributed by atoms with Crippen molar-refractivity contribution < 1.29 is 0 Å². The summed E-state index contributed by atoms with van der Waals surface area (Å²) in [7, 11) is 2.04. The lowest BCUT2D eigenvalue weighted by Gasteiger charge is -2.23. The van der Waals surface area contributed by atoms with E-state index in [4.69, 9.17) is 11.6 Å². The molecule has 1 aliphatic heterocycles. The summed E-state index contributed by atoms with van der Waals surface area (Å²) in [6, 6.07) is 6.88.